The second kappa shape index (κ2) is 9.36. The first-order chi connectivity index (χ1) is 12.5. The molecule has 2 amide bonds. The summed E-state index contributed by atoms with van der Waals surface area (Å²) in [5, 5.41) is 9.20. The molecule has 1 atom stereocenters. The number of hydrogen-bond acceptors (Lipinski definition) is 3. The first-order valence-corrected chi connectivity index (χ1v) is 9.39. The van der Waals surface area contributed by atoms with E-state index in [1.54, 1.807) is 29.2 Å². The van der Waals surface area contributed by atoms with Gasteiger partial charge in [0, 0.05) is 37.3 Å². The number of aliphatic carboxylic acids is 1. The molecule has 0 bridgehead atoms. The average molecular weight is 360 g/mol. The molecule has 1 aromatic carbocycles. The molecule has 1 N–H and O–H groups in total. The van der Waals surface area contributed by atoms with E-state index in [0.717, 1.165) is 12.8 Å². The third-order valence-electron chi connectivity index (χ3n) is 4.69. The number of carbonyl (C=O) groups excluding carboxylic acids is 2. The fourth-order valence-electron chi connectivity index (χ4n) is 3.37. The molecule has 0 aliphatic carbocycles. The zero-order chi connectivity index (χ0) is 19.1. The Kier molecular flexibility index (Phi) is 7.18. The topological polar surface area (TPSA) is 77.9 Å². The van der Waals surface area contributed by atoms with Crippen molar-refractivity contribution in [2.24, 2.45) is 5.92 Å². The molecule has 1 aliphatic heterocycles. The highest BCUT2D eigenvalue weighted by Gasteiger charge is 2.29. The van der Waals surface area contributed by atoms with Gasteiger partial charge in [-0.15, -0.1) is 0 Å². The van der Waals surface area contributed by atoms with Gasteiger partial charge in [0.25, 0.3) is 11.8 Å². The largest absolute Gasteiger partial charge is 0.481 e. The molecule has 1 fully saturated rings. The predicted molar refractivity (Wildman–Crippen MR) is 99.2 cm³/mol. The minimum absolute atomic E-state index is 0.0644. The zero-order valence-electron chi connectivity index (χ0n) is 15.6. The van der Waals surface area contributed by atoms with Crippen LogP contribution in [0.2, 0.25) is 0 Å². The van der Waals surface area contributed by atoms with Crippen LogP contribution in [0.1, 0.15) is 60.2 Å². The van der Waals surface area contributed by atoms with E-state index in [4.69, 9.17) is 0 Å². The zero-order valence-corrected chi connectivity index (χ0v) is 15.6. The molecule has 1 aromatic rings. The quantitative estimate of drug-likeness (QED) is 0.811. The van der Waals surface area contributed by atoms with Gasteiger partial charge in [-0.1, -0.05) is 19.9 Å². The van der Waals surface area contributed by atoms with E-state index in [2.05, 4.69) is 0 Å². The molecule has 6 nitrogen and oxygen atoms in total. The standard InChI is InChI=1S/C20H28N2O4/c1-3-10-21(11-4-2)18(23)15-7-5-8-16(13-15)19(24)22-12-6-9-17(14-22)20(25)26/h5,7-8,13,17H,3-4,6,9-12,14H2,1-2H3,(H,25,26). The smallest absolute Gasteiger partial charge is 0.308 e. The normalized spacial score (nSPS) is 17.0. The van der Waals surface area contributed by atoms with E-state index in [9.17, 15) is 19.5 Å². The van der Waals surface area contributed by atoms with Gasteiger partial charge < -0.3 is 14.9 Å². The van der Waals surface area contributed by atoms with Gasteiger partial charge in [-0.2, -0.15) is 0 Å². The van der Waals surface area contributed by atoms with Gasteiger partial charge in [0.1, 0.15) is 0 Å². The second-order valence-electron chi connectivity index (χ2n) is 6.80. The molecule has 1 aliphatic rings. The Morgan fingerprint density at radius 3 is 2.42 bits per heavy atom. The summed E-state index contributed by atoms with van der Waals surface area (Å²) in [6.07, 6.45) is 3.05. The number of nitrogens with zero attached hydrogens (tertiary/aromatic N) is 2. The lowest BCUT2D eigenvalue weighted by molar-refractivity contribution is -0.143. The minimum Gasteiger partial charge on any atom is -0.481 e. The van der Waals surface area contributed by atoms with Gasteiger partial charge in [0.2, 0.25) is 0 Å². The summed E-state index contributed by atoms with van der Waals surface area (Å²) in [4.78, 5) is 40.1. The molecule has 0 aromatic heterocycles. The number of amides is 2. The average Bonchev–Trinajstić information content (AvgIpc) is 2.67. The summed E-state index contributed by atoms with van der Waals surface area (Å²) in [6.45, 7) is 6.23. The number of carboxylic acids is 1. The number of likely N-dealkylation sites (tertiary alicyclic amines) is 1. The first-order valence-electron chi connectivity index (χ1n) is 9.39. The molecule has 6 heteroatoms. The molecule has 0 spiro atoms. The van der Waals surface area contributed by atoms with E-state index < -0.39 is 11.9 Å². The molecule has 2 rings (SSSR count). The highest BCUT2D eigenvalue weighted by molar-refractivity contribution is 5.99. The van der Waals surface area contributed by atoms with Crippen molar-refractivity contribution in [3.8, 4) is 0 Å². The maximum Gasteiger partial charge on any atom is 0.308 e. The monoisotopic (exact) mass is 360 g/mol. The summed E-state index contributed by atoms with van der Waals surface area (Å²) in [6, 6.07) is 6.77. The van der Waals surface area contributed by atoms with Crippen LogP contribution >= 0.6 is 0 Å². The first kappa shape index (κ1) is 19.9. The van der Waals surface area contributed by atoms with Crippen molar-refractivity contribution in [3.63, 3.8) is 0 Å². The van der Waals surface area contributed by atoms with Crippen molar-refractivity contribution < 1.29 is 19.5 Å². The van der Waals surface area contributed by atoms with E-state index >= 15 is 0 Å². The van der Waals surface area contributed by atoms with Crippen LogP contribution in [-0.4, -0.2) is 58.9 Å². The fraction of sp³-hybridized carbons (Fsp3) is 0.550. The van der Waals surface area contributed by atoms with E-state index in [0.29, 0.717) is 43.6 Å². The van der Waals surface area contributed by atoms with Gasteiger partial charge >= 0.3 is 5.97 Å². The molecular formula is C20H28N2O4. The molecule has 26 heavy (non-hydrogen) atoms. The van der Waals surface area contributed by atoms with Crippen molar-refractivity contribution in [2.75, 3.05) is 26.2 Å². The maximum absolute atomic E-state index is 12.8. The van der Waals surface area contributed by atoms with Gasteiger partial charge in [0.15, 0.2) is 0 Å². The van der Waals surface area contributed by atoms with E-state index in [1.807, 2.05) is 18.7 Å². The lowest BCUT2D eigenvalue weighted by Crippen LogP contribution is -2.42. The summed E-state index contributed by atoms with van der Waals surface area (Å²) < 4.78 is 0. The molecule has 0 radical (unpaired) electrons. The Labute approximate surface area is 154 Å². The SMILES string of the molecule is CCCN(CCC)C(=O)c1cccc(C(=O)N2CCCC(C(=O)O)C2)c1. The Bertz CT molecular complexity index is 653. The molecule has 0 saturated carbocycles. The summed E-state index contributed by atoms with van der Waals surface area (Å²) >= 11 is 0. The van der Waals surface area contributed by atoms with Crippen LogP contribution < -0.4 is 0 Å². The Morgan fingerprint density at radius 2 is 1.81 bits per heavy atom. The Hall–Kier alpha value is -2.37. The number of benzene rings is 1. The van der Waals surface area contributed by atoms with Crippen LogP contribution in [0, 0.1) is 5.92 Å². The van der Waals surface area contributed by atoms with Crippen LogP contribution in [-0.2, 0) is 4.79 Å². The van der Waals surface area contributed by atoms with Gasteiger partial charge in [-0.05, 0) is 43.9 Å². The van der Waals surface area contributed by atoms with Crippen molar-refractivity contribution in [2.45, 2.75) is 39.5 Å². The number of carboxylic acid groups (broad SMARTS) is 1. The van der Waals surface area contributed by atoms with Crippen molar-refractivity contribution in [3.05, 3.63) is 35.4 Å². The Balaban J connectivity index is 2.16. The lowest BCUT2D eigenvalue weighted by atomic mass is 9.97. The molecule has 1 saturated heterocycles. The third-order valence-corrected chi connectivity index (χ3v) is 4.69. The van der Waals surface area contributed by atoms with E-state index in [-0.39, 0.29) is 18.4 Å². The lowest BCUT2D eigenvalue weighted by Gasteiger charge is -2.31. The molecule has 1 heterocycles. The minimum atomic E-state index is -0.860. The van der Waals surface area contributed by atoms with Gasteiger partial charge in [-0.3, -0.25) is 14.4 Å². The summed E-state index contributed by atoms with van der Waals surface area (Å²) in [7, 11) is 0. The van der Waals surface area contributed by atoms with Crippen LogP contribution in [0.15, 0.2) is 24.3 Å². The van der Waals surface area contributed by atoms with Crippen molar-refractivity contribution in [1.29, 1.82) is 0 Å². The van der Waals surface area contributed by atoms with Crippen LogP contribution in [0.5, 0.6) is 0 Å². The molecule has 1 unspecified atom stereocenters. The molecular weight excluding hydrogens is 332 g/mol. The summed E-state index contributed by atoms with van der Waals surface area (Å²) in [5.74, 6) is -1.64. The number of piperidine rings is 1. The number of rotatable bonds is 7. The summed E-state index contributed by atoms with van der Waals surface area (Å²) in [5.41, 5.74) is 0.944. The highest BCUT2D eigenvalue weighted by atomic mass is 16.4. The third kappa shape index (κ3) is 4.84. The fourth-order valence-corrected chi connectivity index (χ4v) is 3.37. The van der Waals surface area contributed by atoms with Crippen LogP contribution in [0.3, 0.4) is 0 Å². The van der Waals surface area contributed by atoms with Gasteiger partial charge in [-0.25, -0.2) is 0 Å². The van der Waals surface area contributed by atoms with Crippen molar-refractivity contribution >= 4 is 17.8 Å². The number of hydrogen-bond donors (Lipinski definition) is 1. The maximum atomic E-state index is 12.8. The highest BCUT2D eigenvalue weighted by Crippen LogP contribution is 2.19. The van der Waals surface area contributed by atoms with Crippen LogP contribution in [0.4, 0.5) is 0 Å². The Morgan fingerprint density at radius 1 is 1.15 bits per heavy atom. The predicted octanol–water partition coefficient (Wildman–Crippen LogP) is 2.89. The molecule has 142 valence electrons. The second-order valence-corrected chi connectivity index (χ2v) is 6.80. The number of carbonyl (C=O) groups is 3. The van der Waals surface area contributed by atoms with Crippen LogP contribution in [0.25, 0.3) is 0 Å². The van der Waals surface area contributed by atoms with E-state index in [1.165, 1.54) is 0 Å². The van der Waals surface area contributed by atoms with Gasteiger partial charge in [0.05, 0.1) is 5.92 Å². The van der Waals surface area contributed by atoms with Crippen molar-refractivity contribution in [1.82, 2.24) is 9.80 Å².